The summed E-state index contributed by atoms with van der Waals surface area (Å²) in [6.07, 6.45) is 0. The van der Waals surface area contributed by atoms with E-state index in [4.69, 9.17) is 0 Å². The van der Waals surface area contributed by atoms with Gasteiger partial charge in [0.1, 0.15) is 0 Å². The molecule has 3 heteroatoms. The topological polar surface area (TPSA) is 0 Å². The Morgan fingerprint density at radius 3 is 1.80 bits per heavy atom. The third kappa shape index (κ3) is 5.76. The van der Waals surface area contributed by atoms with Crippen LogP contribution in [0.1, 0.15) is 0 Å². The van der Waals surface area contributed by atoms with Gasteiger partial charge < -0.3 is 0 Å². The predicted molar refractivity (Wildman–Crippen MR) is 33.6 cm³/mol. The molecule has 0 rings (SSSR count). The molecule has 0 aliphatic rings. The van der Waals surface area contributed by atoms with E-state index in [2.05, 4.69) is 31.9 Å². The van der Waals surface area contributed by atoms with Crippen molar-refractivity contribution in [1.82, 2.24) is 0 Å². The molecular formula is C2H4Br2Sn. The van der Waals surface area contributed by atoms with Crippen molar-refractivity contribution < 1.29 is 0 Å². The Balaban J connectivity index is 2.54. The molecule has 0 unspecified atom stereocenters. The Hall–Kier alpha value is 1.76. The summed E-state index contributed by atoms with van der Waals surface area (Å²) in [4.78, 5) is 0. The van der Waals surface area contributed by atoms with Gasteiger partial charge in [0.2, 0.25) is 0 Å². The molecule has 0 atom stereocenters. The zero-order chi connectivity index (χ0) is 4.28. The number of hydrogen-bond donors (Lipinski definition) is 0. The van der Waals surface area contributed by atoms with E-state index in [0.29, 0.717) is 3.74 Å². The Kier molecular flexibility index (Phi) is 5.32. The fourth-order valence-electron chi connectivity index (χ4n) is 0. The second-order valence-corrected chi connectivity index (χ2v) is 5.41. The molecule has 0 heterocycles. The molecule has 0 saturated carbocycles. The summed E-state index contributed by atoms with van der Waals surface area (Å²) in [5.74, 6) is 0. The van der Waals surface area contributed by atoms with Crippen LogP contribution in [0.15, 0.2) is 0 Å². The zero-order valence-corrected chi connectivity index (χ0v) is 9.09. The van der Waals surface area contributed by atoms with Gasteiger partial charge in [-0.05, 0) is 0 Å². The van der Waals surface area contributed by atoms with Crippen LogP contribution in [0, 0.1) is 0 Å². The molecule has 0 bridgehead atoms. The van der Waals surface area contributed by atoms with Crippen LogP contribution in [-0.4, -0.2) is 26.3 Å². The van der Waals surface area contributed by atoms with Crippen molar-refractivity contribution in [3.8, 4) is 0 Å². The van der Waals surface area contributed by atoms with Crippen LogP contribution in [0.4, 0.5) is 0 Å². The third-order valence-corrected chi connectivity index (χ3v) is 6.21. The fraction of sp³-hybridized carbons (Fsp3) is 1.00. The van der Waals surface area contributed by atoms with Crippen molar-refractivity contribution in [2.45, 2.75) is 8.17 Å². The standard InChI is InChI=1S/C2H3Br2.Sn.H/c1-2(3)4;;/h2H,1H2;;. The minimum absolute atomic E-state index is 0.567. The van der Waals surface area contributed by atoms with Crippen molar-refractivity contribution in [3.05, 3.63) is 0 Å². The van der Waals surface area contributed by atoms with E-state index in [-0.39, 0.29) is 0 Å². The summed E-state index contributed by atoms with van der Waals surface area (Å²) >= 11 is 7.98. The Morgan fingerprint density at radius 2 is 1.80 bits per heavy atom. The van der Waals surface area contributed by atoms with Gasteiger partial charge in [-0.1, -0.05) is 0 Å². The molecule has 0 aliphatic carbocycles. The molecule has 0 aliphatic heterocycles. The van der Waals surface area contributed by atoms with E-state index in [1.165, 1.54) is 27.0 Å². The Labute approximate surface area is 62.0 Å². The molecular weight excluding hydrogens is 303 g/mol. The number of alkyl halides is 2. The molecule has 5 heavy (non-hydrogen) atoms. The van der Waals surface area contributed by atoms with Gasteiger partial charge in [-0.15, -0.1) is 0 Å². The SMILES string of the molecule is BrC(Br)[CH2][SnH]. The van der Waals surface area contributed by atoms with Crippen LogP contribution >= 0.6 is 31.9 Å². The molecule has 0 saturated heterocycles. The monoisotopic (exact) mass is 306 g/mol. The normalized spacial score (nSPS) is 9.60. The maximum atomic E-state index is 3.32. The first kappa shape index (κ1) is 6.76. The van der Waals surface area contributed by atoms with E-state index >= 15 is 0 Å². The van der Waals surface area contributed by atoms with Crippen LogP contribution < -0.4 is 0 Å². The zero-order valence-electron chi connectivity index (χ0n) is 2.62. The van der Waals surface area contributed by atoms with Gasteiger partial charge in [0.15, 0.2) is 0 Å². The summed E-state index contributed by atoms with van der Waals surface area (Å²) in [6, 6.07) is 0. The van der Waals surface area contributed by atoms with Gasteiger partial charge in [-0.25, -0.2) is 0 Å². The molecule has 2 radical (unpaired) electrons. The molecule has 0 aromatic carbocycles. The molecule has 0 amide bonds. The van der Waals surface area contributed by atoms with Gasteiger partial charge in [-0.2, -0.15) is 0 Å². The van der Waals surface area contributed by atoms with Crippen molar-refractivity contribution in [3.63, 3.8) is 0 Å². The number of hydrogen-bond acceptors (Lipinski definition) is 0. The van der Waals surface area contributed by atoms with Gasteiger partial charge >= 0.3 is 62.6 Å². The summed E-state index contributed by atoms with van der Waals surface area (Å²) in [6.45, 7) is 0. The average molecular weight is 307 g/mol. The minimum atomic E-state index is 0.567. The molecule has 0 spiro atoms. The average Bonchev–Trinajstić information content (AvgIpc) is 1.38. The molecule has 0 aromatic heterocycles. The number of halogens is 2. The van der Waals surface area contributed by atoms with E-state index in [0.717, 1.165) is 0 Å². The quantitative estimate of drug-likeness (QED) is 0.508. The summed E-state index contributed by atoms with van der Waals surface area (Å²) in [5, 5.41) is 0. The van der Waals surface area contributed by atoms with Crippen LogP contribution in [0.25, 0.3) is 0 Å². The first-order valence-corrected chi connectivity index (χ1v) is 5.41. The molecule has 0 fully saturated rings. The molecule has 0 aromatic rings. The van der Waals surface area contributed by atoms with Crippen LogP contribution in [-0.2, 0) is 0 Å². The summed E-state index contributed by atoms with van der Waals surface area (Å²) < 4.78 is 1.84. The second kappa shape index (κ2) is 3.93. The number of rotatable bonds is 1. The molecule has 30 valence electrons. The maximum absolute atomic E-state index is 3.32. The predicted octanol–water partition coefficient (Wildman–Crippen LogP) is 1.42. The summed E-state index contributed by atoms with van der Waals surface area (Å²) in [7, 11) is 0. The van der Waals surface area contributed by atoms with Gasteiger partial charge in [0, 0.05) is 0 Å². The van der Waals surface area contributed by atoms with Gasteiger partial charge in [0.25, 0.3) is 0 Å². The van der Waals surface area contributed by atoms with Gasteiger partial charge in [-0.3, -0.25) is 0 Å². The first-order valence-electron chi connectivity index (χ1n) is 1.25. The third-order valence-electron chi connectivity index (χ3n) is 0.178. The molecule has 0 nitrogen and oxygen atoms in total. The van der Waals surface area contributed by atoms with E-state index in [9.17, 15) is 0 Å². The van der Waals surface area contributed by atoms with E-state index in [1.807, 2.05) is 0 Å². The molecule has 0 N–H and O–H groups in total. The van der Waals surface area contributed by atoms with Crippen molar-refractivity contribution in [2.24, 2.45) is 0 Å². The fourth-order valence-corrected chi connectivity index (χ4v) is 0. The van der Waals surface area contributed by atoms with Crippen molar-refractivity contribution >= 4 is 54.4 Å². The van der Waals surface area contributed by atoms with Gasteiger partial charge in [0.05, 0.1) is 0 Å². The Bertz CT molecular complexity index is 21.6. The van der Waals surface area contributed by atoms with Crippen LogP contribution in [0.2, 0.25) is 4.44 Å². The first-order chi connectivity index (χ1) is 2.27. The van der Waals surface area contributed by atoms with Crippen molar-refractivity contribution in [1.29, 1.82) is 0 Å². The second-order valence-electron chi connectivity index (χ2n) is 0.627. The van der Waals surface area contributed by atoms with Crippen molar-refractivity contribution in [2.75, 3.05) is 0 Å². The van der Waals surface area contributed by atoms with Crippen LogP contribution in [0.3, 0.4) is 0 Å². The Morgan fingerprint density at radius 1 is 1.60 bits per heavy atom. The summed E-state index contributed by atoms with van der Waals surface area (Å²) in [5.41, 5.74) is 0. The van der Waals surface area contributed by atoms with E-state index in [1.54, 1.807) is 0 Å². The van der Waals surface area contributed by atoms with Crippen LogP contribution in [0.5, 0.6) is 0 Å². The van der Waals surface area contributed by atoms with E-state index < -0.39 is 0 Å².